The Morgan fingerprint density at radius 1 is 1.29 bits per heavy atom. The second-order valence-electron chi connectivity index (χ2n) is 5.32. The molecule has 98 valence electrons. The summed E-state index contributed by atoms with van der Waals surface area (Å²) < 4.78 is 5.52. The molecule has 0 aromatic heterocycles. The number of hydrogen-bond acceptors (Lipinski definition) is 3. The summed E-state index contributed by atoms with van der Waals surface area (Å²) in [5, 5.41) is 12.2. The van der Waals surface area contributed by atoms with E-state index in [4.69, 9.17) is 9.84 Å². The number of carbonyl (C=O) groups is 1. The maximum absolute atomic E-state index is 11.0. The summed E-state index contributed by atoms with van der Waals surface area (Å²) in [6, 6.07) is 0.0114. The van der Waals surface area contributed by atoms with Gasteiger partial charge in [0.1, 0.15) is 6.04 Å². The molecule has 2 rings (SSSR count). The van der Waals surface area contributed by atoms with Crippen molar-refractivity contribution in [1.29, 1.82) is 0 Å². The molecule has 0 heterocycles. The Kier molecular flexibility index (Phi) is 4.80. The zero-order valence-electron chi connectivity index (χ0n) is 10.4. The Bertz CT molecular complexity index is 249. The lowest BCUT2D eigenvalue weighted by molar-refractivity contribution is -0.140. The molecule has 0 aromatic rings. The predicted molar refractivity (Wildman–Crippen MR) is 65.0 cm³/mol. The van der Waals surface area contributed by atoms with Crippen molar-refractivity contribution < 1.29 is 14.6 Å². The zero-order chi connectivity index (χ0) is 12.1. The van der Waals surface area contributed by atoms with Gasteiger partial charge in [0.25, 0.3) is 0 Å². The third-order valence-electron chi connectivity index (χ3n) is 3.76. The zero-order valence-corrected chi connectivity index (χ0v) is 10.4. The number of carboxylic acids is 1. The summed E-state index contributed by atoms with van der Waals surface area (Å²) >= 11 is 0. The van der Waals surface area contributed by atoms with Crippen LogP contribution in [0.15, 0.2) is 0 Å². The molecule has 0 aliphatic heterocycles. The summed E-state index contributed by atoms with van der Waals surface area (Å²) in [5.41, 5.74) is 0. The SMILES string of the molecule is O=C(O)C(CCOCCC1CCC1)NC1CC1. The Hall–Kier alpha value is -0.610. The van der Waals surface area contributed by atoms with Crippen LogP contribution in [0.1, 0.15) is 44.9 Å². The summed E-state index contributed by atoms with van der Waals surface area (Å²) in [4.78, 5) is 11.0. The van der Waals surface area contributed by atoms with Crippen molar-refractivity contribution in [3.8, 4) is 0 Å². The molecular weight excluding hydrogens is 218 g/mol. The summed E-state index contributed by atoms with van der Waals surface area (Å²) in [6.07, 6.45) is 8.04. The van der Waals surface area contributed by atoms with E-state index in [1.807, 2.05) is 0 Å². The summed E-state index contributed by atoms with van der Waals surface area (Å²) in [5.74, 6) is 0.120. The van der Waals surface area contributed by atoms with E-state index in [2.05, 4.69) is 5.32 Å². The predicted octanol–water partition coefficient (Wildman–Crippen LogP) is 1.79. The fourth-order valence-electron chi connectivity index (χ4n) is 2.15. The normalized spacial score (nSPS) is 22.1. The van der Waals surface area contributed by atoms with Gasteiger partial charge >= 0.3 is 5.97 Å². The lowest BCUT2D eigenvalue weighted by Crippen LogP contribution is -2.39. The van der Waals surface area contributed by atoms with Crippen LogP contribution in [0.25, 0.3) is 0 Å². The van der Waals surface area contributed by atoms with Crippen molar-refractivity contribution in [2.75, 3.05) is 13.2 Å². The van der Waals surface area contributed by atoms with Gasteiger partial charge in [-0.15, -0.1) is 0 Å². The van der Waals surface area contributed by atoms with Crippen molar-refractivity contribution in [3.05, 3.63) is 0 Å². The molecule has 0 amide bonds. The number of rotatable bonds is 9. The first-order valence-electron chi connectivity index (χ1n) is 6.82. The minimum Gasteiger partial charge on any atom is -0.480 e. The third kappa shape index (κ3) is 4.64. The van der Waals surface area contributed by atoms with Gasteiger partial charge in [0.15, 0.2) is 0 Å². The smallest absolute Gasteiger partial charge is 0.320 e. The van der Waals surface area contributed by atoms with Crippen LogP contribution in [0.2, 0.25) is 0 Å². The van der Waals surface area contributed by atoms with Crippen molar-refractivity contribution in [2.24, 2.45) is 5.92 Å². The van der Waals surface area contributed by atoms with E-state index in [9.17, 15) is 4.79 Å². The molecule has 2 saturated carbocycles. The van der Waals surface area contributed by atoms with E-state index in [1.165, 1.54) is 19.3 Å². The van der Waals surface area contributed by atoms with Gasteiger partial charge in [0.2, 0.25) is 0 Å². The topological polar surface area (TPSA) is 58.6 Å². The van der Waals surface area contributed by atoms with Crippen molar-refractivity contribution in [2.45, 2.75) is 57.0 Å². The van der Waals surface area contributed by atoms with Crippen molar-refractivity contribution >= 4 is 5.97 Å². The molecule has 17 heavy (non-hydrogen) atoms. The standard InChI is InChI=1S/C13H23NO3/c15-13(16)12(14-11-4-5-11)7-9-17-8-6-10-2-1-3-10/h10-12,14H,1-9H2,(H,15,16). The first-order valence-corrected chi connectivity index (χ1v) is 6.82. The molecule has 1 atom stereocenters. The third-order valence-corrected chi connectivity index (χ3v) is 3.76. The van der Waals surface area contributed by atoms with Crippen LogP contribution < -0.4 is 5.32 Å². The van der Waals surface area contributed by atoms with Gasteiger partial charge in [-0.2, -0.15) is 0 Å². The maximum atomic E-state index is 11.0. The van der Waals surface area contributed by atoms with Crippen molar-refractivity contribution in [3.63, 3.8) is 0 Å². The van der Waals surface area contributed by atoms with Gasteiger partial charge in [-0.05, 0) is 31.6 Å². The first-order chi connectivity index (χ1) is 8.25. The Labute approximate surface area is 103 Å². The Morgan fingerprint density at radius 3 is 2.59 bits per heavy atom. The fraction of sp³-hybridized carbons (Fsp3) is 0.923. The molecule has 0 spiro atoms. The molecule has 0 bridgehead atoms. The number of hydrogen-bond donors (Lipinski definition) is 2. The van der Waals surface area contributed by atoms with Crippen LogP contribution in [-0.2, 0) is 9.53 Å². The van der Waals surface area contributed by atoms with Gasteiger partial charge in [0.05, 0.1) is 0 Å². The van der Waals surface area contributed by atoms with E-state index < -0.39 is 12.0 Å². The lowest BCUT2D eigenvalue weighted by Gasteiger charge is -2.25. The molecule has 2 aliphatic rings. The van der Waals surface area contributed by atoms with E-state index in [0.29, 0.717) is 19.1 Å². The van der Waals surface area contributed by atoms with Gasteiger partial charge in [-0.1, -0.05) is 19.3 Å². The van der Waals surface area contributed by atoms with Crippen LogP contribution in [0.3, 0.4) is 0 Å². The number of carboxylic acid groups (broad SMARTS) is 1. The minimum absolute atomic E-state index is 0.425. The Morgan fingerprint density at radius 2 is 2.06 bits per heavy atom. The highest BCUT2D eigenvalue weighted by molar-refractivity contribution is 5.73. The molecule has 2 aliphatic carbocycles. The monoisotopic (exact) mass is 241 g/mol. The van der Waals surface area contributed by atoms with Crippen LogP contribution in [-0.4, -0.2) is 36.4 Å². The van der Waals surface area contributed by atoms with Crippen LogP contribution in [0, 0.1) is 5.92 Å². The molecule has 4 nitrogen and oxygen atoms in total. The average molecular weight is 241 g/mol. The number of ether oxygens (including phenoxy) is 1. The second-order valence-corrected chi connectivity index (χ2v) is 5.32. The van der Waals surface area contributed by atoms with Gasteiger partial charge in [-0.25, -0.2) is 0 Å². The molecular formula is C13H23NO3. The van der Waals surface area contributed by atoms with Gasteiger partial charge < -0.3 is 15.2 Å². The molecule has 0 aromatic carbocycles. The van der Waals surface area contributed by atoms with Crippen LogP contribution >= 0.6 is 0 Å². The van der Waals surface area contributed by atoms with Gasteiger partial charge in [-0.3, -0.25) is 4.79 Å². The largest absolute Gasteiger partial charge is 0.480 e. The highest BCUT2D eigenvalue weighted by Crippen LogP contribution is 2.29. The van der Waals surface area contributed by atoms with Crippen molar-refractivity contribution in [1.82, 2.24) is 5.32 Å². The van der Waals surface area contributed by atoms with E-state index in [0.717, 1.165) is 31.8 Å². The lowest BCUT2D eigenvalue weighted by atomic mass is 9.83. The average Bonchev–Trinajstić information content (AvgIpc) is 3.02. The molecule has 2 fully saturated rings. The second kappa shape index (κ2) is 6.36. The molecule has 0 saturated heterocycles. The summed E-state index contributed by atoms with van der Waals surface area (Å²) in [6.45, 7) is 1.35. The maximum Gasteiger partial charge on any atom is 0.320 e. The Balaban J connectivity index is 1.50. The van der Waals surface area contributed by atoms with Gasteiger partial charge in [0, 0.05) is 19.3 Å². The molecule has 2 N–H and O–H groups in total. The first kappa shape index (κ1) is 12.8. The highest BCUT2D eigenvalue weighted by Gasteiger charge is 2.27. The van der Waals surface area contributed by atoms with E-state index in [-0.39, 0.29) is 0 Å². The number of aliphatic carboxylic acids is 1. The molecule has 0 radical (unpaired) electrons. The van der Waals surface area contributed by atoms with E-state index >= 15 is 0 Å². The number of nitrogens with one attached hydrogen (secondary N) is 1. The van der Waals surface area contributed by atoms with Crippen LogP contribution in [0.5, 0.6) is 0 Å². The fourth-order valence-corrected chi connectivity index (χ4v) is 2.15. The quantitative estimate of drug-likeness (QED) is 0.604. The molecule has 1 unspecified atom stereocenters. The molecule has 4 heteroatoms. The van der Waals surface area contributed by atoms with Crippen LogP contribution in [0.4, 0.5) is 0 Å². The van der Waals surface area contributed by atoms with E-state index in [1.54, 1.807) is 0 Å². The minimum atomic E-state index is -0.750. The highest BCUT2D eigenvalue weighted by atomic mass is 16.5. The summed E-state index contributed by atoms with van der Waals surface area (Å²) in [7, 11) is 0.